The molecule has 1 heterocycles. The van der Waals surface area contributed by atoms with Crippen LogP contribution in [0, 0.1) is 11.8 Å². The number of carbonyl (C=O) groups is 4. The van der Waals surface area contributed by atoms with Crippen LogP contribution in [-0.2, 0) is 9.59 Å². The van der Waals surface area contributed by atoms with Crippen molar-refractivity contribution < 1.29 is 19.2 Å². The van der Waals surface area contributed by atoms with E-state index in [4.69, 9.17) is 23.2 Å². The fourth-order valence-corrected chi connectivity index (χ4v) is 4.67. The van der Waals surface area contributed by atoms with Crippen molar-refractivity contribution in [3.63, 3.8) is 0 Å². The Hall–Kier alpha value is -2.96. The average molecular weight is 471 g/mol. The van der Waals surface area contributed by atoms with Gasteiger partial charge in [-0.25, -0.2) is 5.01 Å². The second kappa shape index (κ2) is 8.88. The van der Waals surface area contributed by atoms with Crippen molar-refractivity contribution in [2.75, 3.05) is 0 Å². The molecule has 2 aliphatic rings. The number of hydrogen-bond acceptors (Lipinski definition) is 4. The highest BCUT2D eigenvalue weighted by Crippen LogP contribution is 2.37. The van der Waals surface area contributed by atoms with E-state index in [0.29, 0.717) is 23.4 Å². The Kier molecular flexibility index (Phi) is 6.17. The highest BCUT2D eigenvalue weighted by molar-refractivity contribution is 6.36. The smallest absolute Gasteiger partial charge is 0.275 e. The van der Waals surface area contributed by atoms with Crippen LogP contribution >= 0.6 is 23.2 Å². The van der Waals surface area contributed by atoms with Gasteiger partial charge >= 0.3 is 0 Å². The third-order valence-corrected chi connectivity index (χ3v) is 6.42. The van der Waals surface area contributed by atoms with Crippen LogP contribution in [0.4, 0.5) is 0 Å². The van der Waals surface area contributed by atoms with Gasteiger partial charge in [0.2, 0.25) is 0 Å². The number of fused-ring (bicyclic) bond motifs is 1. The number of halogens is 2. The highest BCUT2D eigenvalue weighted by atomic mass is 35.5. The lowest BCUT2D eigenvalue weighted by Crippen LogP contribution is -2.56. The number of hydrogen-bond donors (Lipinski definition) is 0. The molecule has 0 unspecified atom stereocenters. The molecule has 32 heavy (non-hydrogen) atoms. The van der Waals surface area contributed by atoms with Gasteiger partial charge in [-0.2, -0.15) is 5.01 Å². The summed E-state index contributed by atoms with van der Waals surface area (Å²) >= 11 is 12.2. The largest absolute Gasteiger partial charge is 0.292 e. The molecule has 0 saturated carbocycles. The van der Waals surface area contributed by atoms with Crippen LogP contribution in [0.1, 0.15) is 40.5 Å². The Bertz CT molecular complexity index is 1110. The lowest BCUT2D eigenvalue weighted by molar-refractivity contribution is -0.156. The molecule has 0 radical (unpaired) electrons. The molecule has 0 N–H and O–H groups in total. The van der Waals surface area contributed by atoms with Gasteiger partial charge < -0.3 is 0 Å². The van der Waals surface area contributed by atoms with Gasteiger partial charge in [-0.1, -0.05) is 65.7 Å². The van der Waals surface area contributed by atoms with Gasteiger partial charge in [0.25, 0.3) is 17.7 Å². The van der Waals surface area contributed by atoms with E-state index >= 15 is 0 Å². The predicted molar refractivity (Wildman–Crippen MR) is 120 cm³/mol. The monoisotopic (exact) mass is 470 g/mol. The van der Waals surface area contributed by atoms with Crippen LogP contribution < -0.4 is 0 Å². The van der Waals surface area contributed by atoms with E-state index in [1.54, 1.807) is 30.3 Å². The summed E-state index contributed by atoms with van der Waals surface area (Å²) in [5.74, 6) is -3.22. The van der Waals surface area contributed by atoms with Crippen LogP contribution in [0.3, 0.4) is 0 Å². The molecule has 0 bridgehead atoms. The molecule has 0 aromatic heterocycles. The second-order valence-electron chi connectivity index (χ2n) is 7.82. The molecule has 3 amide bonds. The number of ketones is 1. The fourth-order valence-electron chi connectivity index (χ4n) is 4.18. The van der Waals surface area contributed by atoms with E-state index in [1.165, 1.54) is 25.1 Å². The van der Waals surface area contributed by atoms with Crippen LogP contribution in [0.25, 0.3) is 0 Å². The molecule has 2 aromatic carbocycles. The molecule has 1 aliphatic heterocycles. The van der Waals surface area contributed by atoms with Gasteiger partial charge in [0, 0.05) is 10.6 Å². The van der Waals surface area contributed by atoms with E-state index in [9.17, 15) is 19.2 Å². The van der Waals surface area contributed by atoms with Gasteiger partial charge in [0.15, 0.2) is 5.78 Å². The van der Waals surface area contributed by atoms with Crippen molar-refractivity contribution in [1.82, 2.24) is 10.0 Å². The Morgan fingerprint density at radius 2 is 1.56 bits per heavy atom. The summed E-state index contributed by atoms with van der Waals surface area (Å²) in [6.45, 7) is 1.50. The number of rotatable bonds is 5. The minimum Gasteiger partial charge on any atom is -0.292 e. The zero-order valence-corrected chi connectivity index (χ0v) is 18.7. The van der Waals surface area contributed by atoms with Crippen molar-refractivity contribution in [2.45, 2.75) is 25.8 Å². The van der Waals surface area contributed by atoms with Crippen molar-refractivity contribution in [3.05, 3.63) is 81.9 Å². The number of nitrogens with zero attached hydrogens (tertiary/aromatic N) is 2. The number of amides is 3. The molecule has 0 spiro atoms. The standard InChI is InChI=1S/C24H20Cl2N2O4/c1-14(21(29)15-7-3-2-4-8-15)27(24(32)19-12-11-16(25)13-20(19)26)28-22(30)17-9-5-6-10-18(17)23(28)31/h2-8,11-14,17-18H,9-10H2,1H3/t14-,17+,18+/m1/s1. The maximum absolute atomic E-state index is 13.6. The van der Waals surface area contributed by atoms with E-state index < -0.39 is 41.4 Å². The first-order valence-corrected chi connectivity index (χ1v) is 11.0. The zero-order chi connectivity index (χ0) is 23.0. The summed E-state index contributed by atoms with van der Waals surface area (Å²) < 4.78 is 0. The Balaban J connectivity index is 1.78. The number of allylic oxidation sites excluding steroid dienone is 2. The first kappa shape index (κ1) is 22.2. The molecule has 1 aliphatic carbocycles. The van der Waals surface area contributed by atoms with E-state index in [-0.39, 0.29) is 10.6 Å². The van der Waals surface area contributed by atoms with Crippen LogP contribution in [0.2, 0.25) is 10.0 Å². The number of imide groups is 1. The second-order valence-corrected chi connectivity index (χ2v) is 8.67. The number of hydrazine groups is 1. The molecular formula is C24H20Cl2N2O4. The highest BCUT2D eigenvalue weighted by Gasteiger charge is 2.52. The summed E-state index contributed by atoms with van der Waals surface area (Å²) in [5, 5.41) is 2.19. The Labute approximate surface area is 195 Å². The molecule has 3 atom stereocenters. The predicted octanol–water partition coefficient (Wildman–Crippen LogP) is 4.57. The van der Waals surface area contributed by atoms with Crippen molar-refractivity contribution in [3.8, 4) is 0 Å². The van der Waals surface area contributed by atoms with E-state index in [1.807, 2.05) is 12.2 Å². The molecule has 8 heteroatoms. The third kappa shape index (κ3) is 3.85. The van der Waals surface area contributed by atoms with Gasteiger partial charge in [0.05, 0.1) is 22.4 Å². The summed E-state index contributed by atoms with van der Waals surface area (Å²) in [6, 6.07) is 11.6. The first-order valence-electron chi connectivity index (χ1n) is 10.2. The number of Topliss-reactive ketones (excluding diaryl/α,β-unsaturated/α-hetero) is 1. The first-order chi connectivity index (χ1) is 15.3. The number of benzene rings is 2. The Morgan fingerprint density at radius 1 is 0.969 bits per heavy atom. The van der Waals surface area contributed by atoms with Gasteiger partial charge in [-0.15, -0.1) is 0 Å². The summed E-state index contributed by atoms with van der Waals surface area (Å²) in [6.07, 6.45) is 4.54. The van der Waals surface area contributed by atoms with E-state index in [0.717, 1.165) is 10.0 Å². The third-order valence-electron chi connectivity index (χ3n) is 5.87. The summed E-state index contributed by atoms with van der Waals surface area (Å²) in [5.41, 5.74) is 0.399. The summed E-state index contributed by atoms with van der Waals surface area (Å²) in [4.78, 5) is 53.3. The van der Waals surface area contributed by atoms with Gasteiger partial charge in [-0.05, 0) is 38.0 Å². The topological polar surface area (TPSA) is 74.8 Å². The maximum atomic E-state index is 13.6. The molecule has 6 nitrogen and oxygen atoms in total. The lowest BCUT2D eigenvalue weighted by atomic mass is 9.85. The minimum atomic E-state index is -1.13. The zero-order valence-electron chi connectivity index (χ0n) is 17.2. The number of carbonyl (C=O) groups excluding carboxylic acids is 4. The van der Waals surface area contributed by atoms with Crippen molar-refractivity contribution >= 4 is 46.7 Å². The molecule has 164 valence electrons. The van der Waals surface area contributed by atoms with Crippen LogP contribution in [-0.4, -0.2) is 39.6 Å². The normalized spacial score (nSPS) is 20.8. The molecule has 1 fully saturated rings. The molecular weight excluding hydrogens is 451 g/mol. The average Bonchev–Trinajstić information content (AvgIpc) is 3.04. The SMILES string of the molecule is C[C@H](C(=O)c1ccccc1)N(C(=O)c1ccc(Cl)cc1Cl)N1C(=O)[C@H]2CC=CC[C@@H]2C1=O. The Morgan fingerprint density at radius 3 is 2.12 bits per heavy atom. The quantitative estimate of drug-likeness (QED) is 0.364. The van der Waals surface area contributed by atoms with Crippen molar-refractivity contribution in [2.24, 2.45) is 11.8 Å². The minimum absolute atomic E-state index is 0.0392. The van der Waals surface area contributed by atoms with Crippen molar-refractivity contribution in [1.29, 1.82) is 0 Å². The van der Waals surface area contributed by atoms with Gasteiger partial charge in [0.1, 0.15) is 6.04 Å². The maximum Gasteiger partial charge on any atom is 0.275 e. The lowest BCUT2D eigenvalue weighted by Gasteiger charge is -2.35. The fraction of sp³-hybridized carbons (Fsp3) is 0.250. The summed E-state index contributed by atoms with van der Waals surface area (Å²) in [7, 11) is 0. The molecule has 4 rings (SSSR count). The van der Waals surface area contributed by atoms with Gasteiger partial charge in [-0.3, -0.25) is 19.2 Å². The van der Waals surface area contributed by atoms with Crippen LogP contribution in [0.5, 0.6) is 0 Å². The van der Waals surface area contributed by atoms with E-state index in [2.05, 4.69) is 0 Å². The molecule has 2 aromatic rings. The van der Waals surface area contributed by atoms with Crippen LogP contribution in [0.15, 0.2) is 60.7 Å². The molecule has 1 saturated heterocycles.